The Balaban J connectivity index is 1.95. The molecule has 1 heterocycles. The highest BCUT2D eigenvalue weighted by Gasteiger charge is 2.32. The first-order chi connectivity index (χ1) is 7.66. The summed E-state index contributed by atoms with van der Waals surface area (Å²) in [6.07, 6.45) is 4.48. The van der Waals surface area contributed by atoms with Crippen LogP contribution in [0.4, 0.5) is 5.00 Å². The molecule has 3 rings (SSSR count). The lowest BCUT2D eigenvalue weighted by atomic mass is 10.0. The van der Waals surface area contributed by atoms with Crippen LogP contribution in [0.15, 0.2) is 0 Å². The van der Waals surface area contributed by atoms with E-state index in [9.17, 15) is 4.79 Å². The van der Waals surface area contributed by atoms with E-state index in [1.54, 1.807) is 11.3 Å². The molecular formula is C12H16N2OS. The fourth-order valence-electron chi connectivity index (χ4n) is 2.43. The maximum atomic E-state index is 12.1. The van der Waals surface area contributed by atoms with Gasteiger partial charge < -0.3 is 11.1 Å². The van der Waals surface area contributed by atoms with E-state index in [1.807, 2.05) is 0 Å². The zero-order valence-electron chi connectivity index (χ0n) is 9.38. The molecule has 1 amide bonds. The number of anilines is 1. The Labute approximate surface area is 99.0 Å². The van der Waals surface area contributed by atoms with Crippen molar-refractivity contribution in [2.75, 3.05) is 5.73 Å². The maximum absolute atomic E-state index is 12.1. The van der Waals surface area contributed by atoms with Crippen molar-refractivity contribution in [1.82, 2.24) is 5.32 Å². The van der Waals surface area contributed by atoms with E-state index in [2.05, 4.69) is 12.2 Å². The van der Waals surface area contributed by atoms with Gasteiger partial charge in [0, 0.05) is 10.9 Å². The number of nitrogens with one attached hydrogen (secondary N) is 1. The highest BCUT2D eigenvalue weighted by Crippen LogP contribution is 2.43. The van der Waals surface area contributed by atoms with Crippen molar-refractivity contribution in [1.29, 1.82) is 0 Å². The molecule has 2 aliphatic rings. The summed E-state index contributed by atoms with van der Waals surface area (Å²) in [4.78, 5) is 13.4. The van der Waals surface area contributed by atoms with Crippen molar-refractivity contribution in [3.63, 3.8) is 0 Å². The minimum atomic E-state index is 0.0475. The third-order valence-corrected chi connectivity index (χ3v) is 4.58. The van der Waals surface area contributed by atoms with E-state index in [-0.39, 0.29) is 5.91 Å². The highest BCUT2D eigenvalue weighted by atomic mass is 32.1. The lowest BCUT2D eigenvalue weighted by molar-refractivity contribution is 0.0951. The second kappa shape index (κ2) is 3.48. The Morgan fingerprint density at radius 3 is 2.88 bits per heavy atom. The minimum Gasteiger partial charge on any atom is -0.390 e. The molecule has 3 N–H and O–H groups in total. The minimum absolute atomic E-state index is 0.0475. The van der Waals surface area contributed by atoms with Gasteiger partial charge in [0.1, 0.15) is 0 Å². The van der Waals surface area contributed by atoms with Crippen molar-refractivity contribution in [2.45, 2.75) is 44.6 Å². The monoisotopic (exact) mass is 236 g/mol. The molecule has 2 aliphatic carbocycles. The number of nitrogens with two attached hydrogens (primary N) is 1. The van der Waals surface area contributed by atoms with Crippen molar-refractivity contribution in [3.05, 3.63) is 16.0 Å². The van der Waals surface area contributed by atoms with Gasteiger partial charge in [0.05, 0.1) is 10.6 Å². The second-order valence-corrected chi connectivity index (χ2v) is 6.00. The summed E-state index contributed by atoms with van der Waals surface area (Å²) < 4.78 is 0. The van der Waals surface area contributed by atoms with E-state index < -0.39 is 0 Å². The zero-order valence-corrected chi connectivity index (χ0v) is 10.2. The van der Waals surface area contributed by atoms with Gasteiger partial charge in [0.25, 0.3) is 5.91 Å². The summed E-state index contributed by atoms with van der Waals surface area (Å²) in [7, 11) is 0. The molecule has 1 aromatic rings. The van der Waals surface area contributed by atoms with Gasteiger partial charge in [-0.3, -0.25) is 4.79 Å². The van der Waals surface area contributed by atoms with Crippen LogP contribution in [0.3, 0.4) is 0 Å². The number of hydrogen-bond acceptors (Lipinski definition) is 3. The molecule has 0 bridgehead atoms. The third kappa shape index (κ3) is 1.52. The van der Waals surface area contributed by atoms with Gasteiger partial charge in [0.2, 0.25) is 0 Å². The van der Waals surface area contributed by atoms with Crippen molar-refractivity contribution in [3.8, 4) is 0 Å². The summed E-state index contributed by atoms with van der Waals surface area (Å²) in [5, 5.41) is 3.74. The highest BCUT2D eigenvalue weighted by molar-refractivity contribution is 7.16. The molecule has 0 radical (unpaired) electrons. The Morgan fingerprint density at radius 1 is 1.44 bits per heavy atom. The molecule has 0 aromatic carbocycles. The lowest BCUT2D eigenvalue weighted by Gasteiger charge is -2.08. The van der Waals surface area contributed by atoms with Crippen molar-refractivity contribution >= 4 is 22.2 Å². The third-order valence-electron chi connectivity index (χ3n) is 3.49. The van der Waals surface area contributed by atoms with Gasteiger partial charge in [-0.25, -0.2) is 0 Å². The molecule has 1 atom stereocenters. The number of carbonyl (C=O) groups excluding carboxylic acids is 1. The Hall–Kier alpha value is -1.03. The van der Waals surface area contributed by atoms with Gasteiger partial charge in [-0.2, -0.15) is 0 Å². The summed E-state index contributed by atoms with van der Waals surface area (Å²) in [6.45, 7) is 2.19. The van der Waals surface area contributed by atoms with Crippen molar-refractivity contribution in [2.24, 2.45) is 0 Å². The van der Waals surface area contributed by atoms with Crippen LogP contribution in [0.2, 0.25) is 0 Å². The number of aryl methyl sites for hydroxylation is 1. The molecule has 0 spiro atoms. The summed E-state index contributed by atoms with van der Waals surface area (Å²) in [5.74, 6) is 0.537. The number of fused-ring (bicyclic) bond motifs is 1. The zero-order chi connectivity index (χ0) is 11.3. The van der Waals surface area contributed by atoms with Crippen LogP contribution in [0, 0.1) is 0 Å². The number of rotatable bonds is 2. The quantitative estimate of drug-likeness (QED) is 0.827. The van der Waals surface area contributed by atoms with Crippen LogP contribution >= 0.6 is 11.3 Å². The number of carbonyl (C=O) groups is 1. The van der Waals surface area contributed by atoms with Gasteiger partial charge in [-0.05, 0) is 37.2 Å². The Kier molecular flexibility index (Phi) is 2.21. The van der Waals surface area contributed by atoms with Crippen LogP contribution in [-0.4, -0.2) is 11.9 Å². The first-order valence-corrected chi connectivity index (χ1v) is 6.70. The first kappa shape index (κ1) is 10.1. The number of nitrogen functional groups attached to an aromatic ring is 1. The average molecular weight is 236 g/mol. The number of hydrogen-bond donors (Lipinski definition) is 2. The molecular weight excluding hydrogens is 220 g/mol. The van der Waals surface area contributed by atoms with Gasteiger partial charge in [-0.1, -0.05) is 6.92 Å². The predicted molar refractivity (Wildman–Crippen MR) is 66.0 cm³/mol. The Morgan fingerprint density at radius 2 is 2.19 bits per heavy atom. The first-order valence-electron chi connectivity index (χ1n) is 5.88. The predicted octanol–water partition coefficient (Wildman–Crippen LogP) is 2.27. The largest absolute Gasteiger partial charge is 0.390 e. The van der Waals surface area contributed by atoms with E-state index in [0.717, 1.165) is 31.2 Å². The molecule has 16 heavy (non-hydrogen) atoms. The smallest absolute Gasteiger partial charge is 0.254 e. The number of thiophene rings is 1. The van der Waals surface area contributed by atoms with E-state index in [1.165, 1.54) is 10.4 Å². The Bertz CT molecular complexity index is 448. The fourth-order valence-corrected chi connectivity index (χ4v) is 3.63. The van der Waals surface area contributed by atoms with Crippen LogP contribution < -0.4 is 11.1 Å². The average Bonchev–Trinajstić information content (AvgIpc) is 2.88. The van der Waals surface area contributed by atoms with E-state index in [4.69, 9.17) is 5.73 Å². The molecule has 4 heteroatoms. The van der Waals surface area contributed by atoms with Crippen LogP contribution in [0.1, 0.15) is 52.9 Å². The molecule has 86 valence electrons. The van der Waals surface area contributed by atoms with E-state index >= 15 is 0 Å². The fraction of sp³-hybridized carbons (Fsp3) is 0.583. The molecule has 3 nitrogen and oxygen atoms in total. The second-order valence-electron chi connectivity index (χ2n) is 4.87. The lowest BCUT2D eigenvalue weighted by Crippen LogP contribution is -2.26. The van der Waals surface area contributed by atoms with Crippen LogP contribution in [0.5, 0.6) is 0 Å². The maximum Gasteiger partial charge on any atom is 0.254 e. The molecule has 0 aliphatic heterocycles. The van der Waals surface area contributed by atoms with Crippen molar-refractivity contribution < 1.29 is 4.79 Å². The summed E-state index contributed by atoms with van der Waals surface area (Å²) in [6, 6.07) is 0.402. The standard InChI is InChI=1S/C12H16N2OS/c1-6-2-5-8-9(6)10(11(13)16-8)12(15)14-7-3-4-7/h6-7H,2-5,13H2,1H3,(H,14,15). The SMILES string of the molecule is CC1CCc2sc(N)c(C(=O)NC3CC3)c21. The van der Waals surface area contributed by atoms with Gasteiger partial charge in [-0.15, -0.1) is 11.3 Å². The normalized spacial score (nSPS) is 23.2. The molecule has 0 saturated heterocycles. The van der Waals surface area contributed by atoms with Crippen LogP contribution in [-0.2, 0) is 6.42 Å². The molecule has 1 aromatic heterocycles. The summed E-state index contributed by atoms with van der Waals surface area (Å²) in [5.41, 5.74) is 7.97. The summed E-state index contributed by atoms with van der Waals surface area (Å²) >= 11 is 1.60. The van der Waals surface area contributed by atoms with Gasteiger partial charge in [0.15, 0.2) is 0 Å². The molecule has 1 fully saturated rings. The molecule has 1 saturated carbocycles. The van der Waals surface area contributed by atoms with E-state index in [0.29, 0.717) is 17.0 Å². The van der Waals surface area contributed by atoms with Gasteiger partial charge >= 0.3 is 0 Å². The van der Waals surface area contributed by atoms with Crippen LogP contribution in [0.25, 0.3) is 0 Å². The topological polar surface area (TPSA) is 55.1 Å². The molecule has 1 unspecified atom stereocenters. The number of amides is 1.